The second-order valence-corrected chi connectivity index (χ2v) is 12.6. The van der Waals surface area contributed by atoms with Crippen molar-refractivity contribution in [2.45, 2.75) is 59.2 Å². The number of thiazole rings is 1. The highest BCUT2D eigenvalue weighted by Crippen LogP contribution is 2.42. The Morgan fingerprint density at radius 1 is 1.20 bits per heavy atom. The van der Waals surface area contributed by atoms with Gasteiger partial charge < -0.3 is 25.2 Å². The van der Waals surface area contributed by atoms with Crippen LogP contribution in [0.2, 0.25) is 5.02 Å². The number of carboxylic acids is 1. The van der Waals surface area contributed by atoms with Gasteiger partial charge in [0.15, 0.2) is 5.13 Å². The van der Waals surface area contributed by atoms with E-state index in [1.807, 2.05) is 45.9 Å². The molecule has 2 aromatic carbocycles. The Morgan fingerprint density at radius 3 is 2.66 bits per heavy atom. The fourth-order valence-corrected chi connectivity index (χ4v) is 5.70. The Bertz CT molecular complexity index is 1460. The van der Waals surface area contributed by atoms with Crippen LogP contribution in [0.1, 0.15) is 59.9 Å². The summed E-state index contributed by atoms with van der Waals surface area (Å²) >= 11 is 7.64. The quantitative estimate of drug-likeness (QED) is 0.288. The number of aliphatic carboxylic acids is 1. The number of hydrogen-bond acceptors (Lipinski definition) is 7. The molecule has 0 bridgehead atoms. The van der Waals surface area contributed by atoms with Gasteiger partial charge in [-0.05, 0) is 55.2 Å². The highest BCUT2D eigenvalue weighted by Gasteiger charge is 2.40. The number of hydrogen-bond donors (Lipinski definition) is 3. The van der Waals surface area contributed by atoms with Crippen LogP contribution < -0.4 is 10.2 Å². The second kappa shape index (κ2) is 12.7. The molecule has 3 N–H and O–H groups in total. The number of carbonyl (C=O) groups excluding carboxylic acids is 2. The molecule has 41 heavy (non-hydrogen) atoms. The summed E-state index contributed by atoms with van der Waals surface area (Å²) in [4.78, 5) is 44.7. The first-order valence-electron chi connectivity index (χ1n) is 13.3. The molecule has 0 saturated carbocycles. The number of aryl methyl sites for hydroxylation is 2. The lowest BCUT2D eigenvalue weighted by molar-refractivity contribution is -0.137. The highest BCUT2D eigenvalue weighted by atomic mass is 35.5. The summed E-state index contributed by atoms with van der Waals surface area (Å²) < 4.78 is 6.53. The highest BCUT2D eigenvalue weighted by molar-refractivity contribution is 7.15. The van der Waals surface area contributed by atoms with E-state index in [-0.39, 0.29) is 26.0 Å². The summed E-state index contributed by atoms with van der Waals surface area (Å²) in [5.74, 6) is -1.78. The van der Waals surface area contributed by atoms with E-state index >= 15 is 0 Å². The largest absolute Gasteiger partial charge is 0.481 e. The number of fused-ring (bicyclic) bond motifs is 1. The van der Waals surface area contributed by atoms with Crippen molar-refractivity contribution in [3.63, 3.8) is 0 Å². The fraction of sp³-hybridized carbons (Fsp3) is 0.400. The molecule has 0 unspecified atom stereocenters. The van der Waals surface area contributed by atoms with Gasteiger partial charge in [-0.25, -0.2) is 4.98 Å². The summed E-state index contributed by atoms with van der Waals surface area (Å²) in [7, 11) is 0. The van der Waals surface area contributed by atoms with E-state index < -0.39 is 35.4 Å². The van der Waals surface area contributed by atoms with Gasteiger partial charge in [0.25, 0.3) is 5.91 Å². The van der Waals surface area contributed by atoms with E-state index in [9.17, 15) is 19.5 Å². The van der Waals surface area contributed by atoms with Crippen LogP contribution in [0, 0.1) is 19.3 Å². The number of nitrogens with one attached hydrogen (secondary N) is 1. The lowest BCUT2D eigenvalue weighted by Gasteiger charge is -2.32. The van der Waals surface area contributed by atoms with Gasteiger partial charge in [-0.15, -0.1) is 11.3 Å². The van der Waals surface area contributed by atoms with E-state index in [1.165, 1.54) is 17.5 Å². The number of rotatable bonds is 10. The molecule has 1 aliphatic rings. The van der Waals surface area contributed by atoms with E-state index in [4.69, 9.17) is 21.4 Å². The molecule has 11 heteroatoms. The molecule has 0 radical (unpaired) electrons. The number of carboxylic acid groups (broad SMARTS) is 1. The van der Waals surface area contributed by atoms with Crippen LogP contribution >= 0.6 is 22.9 Å². The predicted molar refractivity (Wildman–Crippen MR) is 159 cm³/mol. The second-order valence-electron chi connectivity index (χ2n) is 11.0. The van der Waals surface area contributed by atoms with E-state index in [0.717, 1.165) is 21.6 Å². The lowest BCUT2D eigenvalue weighted by Crippen LogP contribution is -2.46. The maximum atomic E-state index is 14.1. The third kappa shape index (κ3) is 7.32. The Kier molecular flexibility index (Phi) is 9.48. The van der Waals surface area contributed by atoms with Gasteiger partial charge in [0, 0.05) is 45.9 Å². The van der Waals surface area contributed by atoms with Gasteiger partial charge in [0.2, 0.25) is 5.91 Å². The molecule has 1 aromatic heterocycles. The Hall–Kier alpha value is -3.31. The van der Waals surface area contributed by atoms with Crippen LogP contribution in [0.15, 0.2) is 42.6 Å². The fourth-order valence-electron chi connectivity index (χ4n) is 4.69. The lowest BCUT2D eigenvalue weighted by atomic mass is 9.91. The zero-order chi connectivity index (χ0) is 29.9. The number of aliphatic hydroxyl groups excluding tert-OH is 1. The van der Waals surface area contributed by atoms with Crippen LogP contribution in [0.25, 0.3) is 0 Å². The molecule has 0 spiro atoms. The van der Waals surface area contributed by atoms with E-state index in [0.29, 0.717) is 27.8 Å². The van der Waals surface area contributed by atoms with E-state index in [1.54, 1.807) is 23.1 Å². The predicted octanol–water partition coefficient (Wildman–Crippen LogP) is 5.30. The third-order valence-corrected chi connectivity index (χ3v) is 8.31. The van der Waals surface area contributed by atoms with Crippen LogP contribution in [0.5, 0.6) is 0 Å². The molecule has 2 atom stereocenters. The number of aromatic nitrogens is 1. The molecular formula is C30H34ClN3O6S. The van der Waals surface area contributed by atoms with Gasteiger partial charge in [0.1, 0.15) is 12.2 Å². The van der Waals surface area contributed by atoms with Crippen molar-refractivity contribution in [2.75, 3.05) is 23.4 Å². The molecular weight excluding hydrogens is 566 g/mol. The average molecular weight is 600 g/mol. The first kappa shape index (κ1) is 30.6. The molecule has 218 valence electrons. The smallest absolute Gasteiger partial charge is 0.303 e. The molecule has 0 saturated heterocycles. The average Bonchev–Trinajstić information content (AvgIpc) is 3.33. The summed E-state index contributed by atoms with van der Waals surface area (Å²) in [6.07, 6.45) is -0.304. The molecule has 0 fully saturated rings. The SMILES string of the molecule is Cc1cccc([C@H]2O[C@H](CC(=O)Nc3ncc(CCC(=O)O)s3)C(=O)N(CC(C)(C)CO)c3ccc(Cl)cc32)c1C. The van der Waals surface area contributed by atoms with E-state index in [2.05, 4.69) is 10.3 Å². The molecule has 0 aliphatic carbocycles. The maximum absolute atomic E-state index is 14.1. The van der Waals surface area contributed by atoms with Crippen molar-refractivity contribution in [1.29, 1.82) is 0 Å². The minimum atomic E-state index is -1.15. The monoisotopic (exact) mass is 599 g/mol. The van der Waals surface area contributed by atoms with Crippen molar-refractivity contribution in [2.24, 2.45) is 5.41 Å². The Labute approximate surface area is 248 Å². The molecule has 2 amide bonds. The van der Waals surface area contributed by atoms with Gasteiger partial charge in [-0.1, -0.05) is 43.6 Å². The topological polar surface area (TPSA) is 129 Å². The number of nitrogens with zero attached hydrogens (tertiary/aromatic N) is 2. The van der Waals surface area contributed by atoms with Gasteiger partial charge in [-0.3, -0.25) is 14.4 Å². The number of anilines is 2. The van der Waals surface area contributed by atoms with Crippen molar-refractivity contribution in [1.82, 2.24) is 4.98 Å². The molecule has 9 nitrogen and oxygen atoms in total. The number of halogens is 1. The molecule has 2 heterocycles. The summed E-state index contributed by atoms with van der Waals surface area (Å²) in [5.41, 5.74) is 3.58. The van der Waals surface area contributed by atoms with Crippen LogP contribution in [-0.2, 0) is 25.5 Å². The first-order valence-corrected chi connectivity index (χ1v) is 14.5. The third-order valence-electron chi connectivity index (χ3n) is 7.10. The maximum Gasteiger partial charge on any atom is 0.303 e. The van der Waals surface area contributed by atoms with Gasteiger partial charge in [0.05, 0.1) is 12.8 Å². The molecule has 1 aliphatic heterocycles. The summed E-state index contributed by atoms with van der Waals surface area (Å²) in [5, 5.41) is 22.5. The number of benzene rings is 2. The minimum Gasteiger partial charge on any atom is -0.481 e. The Morgan fingerprint density at radius 2 is 1.95 bits per heavy atom. The summed E-state index contributed by atoms with van der Waals surface area (Å²) in [6, 6.07) is 11.1. The normalized spacial score (nSPS) is 17.2. The van der Waals surface area contributed by atoms with Crippen LogP contribution in [0.4, 0.5) is 10.8 Å². The van der Waals surface area contributed by atoms with Gasteiger partial charge in [-0.2, -0.15) is 0 Å². The zero-order valence-corrected chi connectivity index (χ0v) is 25.0. The standard InChI is InChI=1S/C30H34ClN3O6S/c1-17-6-5-7-21(18(17)2)27-22-12-19(31)8-10-23(22)34(15-30(3,4)16-35)28(39)24(40-27)13-25(36)33-29-32-14-20(41-29)9-11-26(37)38/h5-8,10,12,14,24,27,35H,9,11,13,15-16H2,1-4H3,(H,37,38)(H,32,33,36)/t24-,27-/m1/s1. The number of carbonyl (C=O) groups is 3. The van der Waals surface area contributed by atoms with Gasteiger partial charge >= 0.3 is 5.97 Å². The minimum absolute atomic E-state index is 0.0373. The zero-order valence-electron chi connectivity index (χ0n) is 23.4. The molecule has 3 aromatic rings. The molecule has 4 rings (SSSR count). The van der Waals surface area contributed by atoms with Crippen molar-refractivity contribution in [3.05, 3.63) is 74.7 Å². The first-order chi connectivity index (χ1) is 19.4. The van der Waals surface area contributed by atoms with Crippen LogP contribution in [-0.4, -0.2) is 52.2 Å². The van der Waals surface area contributed by atoms with Crippen molar-refractivity contribution >= 4 is 51.5 Å². The number of ether oxygens (including phenoxy) is 1. The van der Waals surface area contributed by atoms with Crippen molar-refractivity contribution < 1.29 is 29.3 Å². The number of amides is 2. The van der Waals surface area contributed by atoms with Crippen LogP contribution in [0.3, 0.4) is 0 Å². The summed E-state index contributed by atoms with van der Waals surface area (Å²) in [6.45, 7) is 7.74. The Balaban J connectivity index is 1.70. The van der Waals surface area contributed by atoms with Crippen molar-refractivity contribution in [3.8, 4) is 0 Å². The number of aliphatic hydroxyl groups is 1.